The van der Waals surface area contributed by atoms with Crippen LogP contribution >= 0.6 is 0 Å². The molecule has 1 unspecified atom stereocenters. The van der Waals surface area contributed by atoms with Crippen molar-refractivity contribution in [2.75, 3.05) is 0 Å². The summed E-state index contributed by atoms with van der Waals surface area (Å²) in [7, 11) is 0. The number of rotatable bonds is 2. The molecule has 1 N–H and O–H groups in total. The van der Waals surface area contributed by atoms with E-state index in [-0.39, 0.29) is 23.8 Å². The molecule has 6 nitrogen and oxygen atoms in total. The van der Waals surface area contributed by atoms with Crippen LogP contribution in [0.5, 0.6) is 0 Å². The average molecular weight is 338 g/mol. The van der Waals surface area contributed by atoms with E-state index in [1.54, 1.807) is 6.07 Å². The number of allylic oxidation sites excluding steroid dienone is 4. The van der Waals surface area contributed by atoms with Gasteiger partial charge in [-0.2, -0.15) is 0 Å². The fraction of sp³-hybridized carbons (Fsp3) is 0.368. The SMILES string of the molecule is O=C1CCC2=C(C1=O)C(c1cccc([N+](=O)[O-])c1)C1=C(CCCC1)N2. The van der Waals surface area contributed by atoms with Gasteiger partial charge in [0, 0.05) is 41.4 Å². The van der Waals surface area contributed by atoms with E-state index in [1.165, 1.54) is 12.1 Å². The number of benzene rings is 1. The van der Waals surface area contributed by atoms with E-state index < -0.39 is 10.7 Å². The first kappa shape index (κ1) is 15.7. The zero-order valence-electron chi connectivity index (χ0n) is 13.7. The molecule has 1 aliphatic heterocycles. The minimum absolute atomic E-state index is 0.00530. The van der Waals surface area contributed by atoms with Crippen LogP contribution in [0.3, 0.4) is 0 Å². The van der Waals surface area contributed by atoms with Crippen LogP contribution in [-0.4, -0.2) is 16.5 Å². The maximum absolute atomic E-state index is 12.6. The lowest BCUT2D eigenvalue weighted by molar-refractivity contribution is -0.384. The molecule has 1 aromatic rings. The van der Waals surface area contributed by atoms with Gasteiger partial charge in [-0.1, -0.05) is 12.1 Å². The molecule has 0 saturated carbocycles. The molecular formula is C19H18N2O4. The summed E-state index contributed by atoms with van der Waals surface area (Å²) in [5, 5.41) is 14.6. The highest BCUT2D eigenvalue weighted by Crippen LogP contribution is 2.46. The normalized spacial score (nSPS) is 23.1. The maximum Gasteiger partial charge on any atom is 0.269 e. The van der Waals surface area contributed by atoms with Gasteiger partial charge in [0.2, 0.25) is 11.6 Å². The molecule has 0 radical (unpaired) electrons. The summed E-state index contributed by atoms with van der Waals surface area (Å²) in [5.74, 6) is -1.15. The number of hydrogen-bond acceptors (Lipinski definition) is 5. The highest BCUT2D eigenvalue weighted by atomic mass is 16.6. The van der Waals surface area contributed by atoms with Crippen LogP contribution in [0.25, 0.3) is 0 Å². The lowest BCUT2D eigenvalue weighted by atomic mass is 9.72. The second-order valence-corrected chi connectivity index (χ2v) is 6.77. The number of dihydropyridines is 1. The van der Waals surface area contributed by atoms with Gasteiger partial charge in [-0.15, -0.1) is 0 Å². The van der Waals surface area contributed by atoms with Gasteiger partial charge in [-0.05, 0) is 43.2 Å². The van der Waals surface area contributed by atoms with Crippen molar-refractivity contribution in [2.45, 2.75) is 44.4 Å². The summed E-state index contributed by atoms with van der Waals surface area (Å²) in [6, 6.07) is 6.45. The molecule has 0 fully saturated rings. The van der Waals surface area contributed by atoms with Crippen LogP contribution in [0.1, 0.15) is 50.0 Å². The summed E-state index contributed by atoms with van der Waals surface area (Å²) in [5.41, 5.74) is 4.28. The van der Waals surface area contributed by atoms with Crippen molar-refractivity contribution < 1.29 is 14.5 Å². The van der Waals surface area contributed by atoms with E-state index in [0.29, 0.717) is 12.0 Å². The molecule has 0 amide bonds. The number of ketones is 2. The van der Waals surface area contributed by atoms with Gasteiger partial charge in [-0.3, -0.25) is 19.7 Å². The van der Waals surface area contributed by atoms with Crippen molar-refractivity contribution in [2.24, 2.45) is 0 Å². The highest BCUT2D eigenvalue weighted by Gasteiger charge is 2.40. The monoisotopic (exact) mass is 338 g/mol. The van der Waals surface area contributed by atoms with E-state index >= 15 is 0 Å². The molecule has 0 saturated heterocycles. The van der Waals surface area contributed by atoms with Crippen molar-refractivity contribution in [3.8, 4) is 0 Å². The lowest BCUT2D eigenvalue weighted by Crippen LogP contribution is -2.36. The number of carbonyl (C=O) groups excluding carboxylic acids is 2. The molecule has 0 bridgehead atoms. The Labute approximate surface area is 144 Å². The second-order valence-electron chi connectivity index (χ2n) is 6.77. The van der Waals surface area contributed by atoms with E-state index in [9.17, 15) is 19.7 Å². The maximum atomic E-state index is 12.6. The fourth-order valence-electron chi connectivity index (χ4n) is 4.14. The molecule has 0 spiro atoms. The van der Waals surface area contributed by atoms with Crippen molar-refractivity contribution in [3.63, 3.8) is 0 Å². The Hall–Kier alpha value is -2.76. The Kier molecular flexibility index (Phi) is 3.75. The predicted octanol–water partition coefficient (Wildman–Crippen LogP) is 3.30. The molecule has 6 heteroatoms. The van der Waals surface area contributed by atoms with Gasteiger partial charge in [0.1, 0.15) is 0 Å². The predicted molar refractivity (Wildman–Crippen MR) is 90.7 cm³/mol. The Balaban J connectivity index is 1.89. The first-order valence-corrected chi connectivity index (χ1v) is 8.60. The van der Waals surface area contributed by atoms with Crippen molar-refractivity contribution >= 4 is 17.3 Å². The van der Waals surface area contributed by atoms with Crippen LogP contribution in [0.4, 0.5) is 5.69 Å². The van der Waals surface area contributed by atoms with E-state index in [0.717, 1.165) is 48.2 Å². The quantitative estimate of drug-likeness (QED) is 0.508. The number of nitro benzene ring substituents is 1. The highest BCUT2D eigenvalue weighted by molar-refractivity contribution is 6.44. The largest absolute Gasteiger partial charge is 0.362 e. The van der Waals surface area contributed by atoms with E-state index in [2.05, 4.69) is 5.32 Å². The summed E-state index contributed by atoms with van der Waals surface area (Å²) >= 11 is 0. The summed E-state index contributed by atoms with van der Waals surface area (Å²) in [4.78, 5) is 35.4. The number of carbonyl (C=O) groups is 2. The Bertz CT molecular complexity index is 866. The molecule has 128 valence electrons. The fourth-order valence-corrected chi connectivity index (χ4v) is 4.14. The average Bonchev–Trinajstić information content (AvgIpc) is 2.63. The summed E-state index contributed by atoms with van der Waals surface area (Å²) in [6.45, 7) is 0. The number of Topliss-reactive ketones (excluding diaryl/α,β-unsaturated/α-hetero) is 2. The van der Waals surface area contributed by atoms with Gasteiger partial charge in [0.25, 0.3) is 5.69 Å². The standard InChI is InChI=1S/C19H18N2O4/c22-16-9-8-15-18(19(16)23)17(13-6-1-2-7-14(13)20-15)11-4-3-5-12(10-11)21(24)25/h3-5,10,17,20H,1-2,6-9H2. The van der Waals surface area contributed by atoms with E-state index in [1.807, 2.05) is 6.07 Å². The van der Waals surface area contributed by atoms with Crippen LogP contribution in [-0.2, 0) is 9.59 Å². The minimum Gasteiger partial charge on any atom is -0.362 e. The molecule has 3 aliphatic rings. The number of nitrogens with zero attached hydrogens (tertiary/aromatic N) is 1. The number of nitrogens with one attached hydrogen (secondary N) is 1. The van der Waals surface area contributed by atoms with Gasteiger partial charge < -0.3 is 5.32 Å². The van der Waals surface area contributed by atoms with Crippen LogP contribution < -0.4 is 5.32 Å². The zero-order valence-corrected chi connectivity index (χ0v) is 13.7. The third-order valence-electron chi connectivity index (χ3n) is 5.29. The first-order valence-electron chi connectivity index (χ1n) is 8.60. The third kappa shape index (κ3) is 2.58. The minimum atomic E-state index is -0.442. The smallest absolute Gasteiger partial charge is 0.269 e. The molecule has 2 aliphatic carbocycles. The summed E-state index contributed by atoms with van der Waals surface area (Å²) in [6.07, 6.45) is 4.63. The number of hydrogen-bond donors (Lipinski definition) is 1. The zero-order chi connectivity index (χ0) is 17.6. The Morgan fingerprint density at radius 2 is 1.84 bits per heavy atom. The number of nitro groups is 1. The topological polar surface area (TPSA) is 89.3 Å². The van der Waals surface area contributed by atoms with Gasteiger partial charge in [-0.25, -0.2) is 0 Å². The second kappa shape index (κ2) is 5.95. The van der Waals surface area contributed by atoms with Gasteiger partial charge in [0.05, 0.1) is 4.92 Å². The van der Waals surface area contributed by atoms with Gasteiger partial charge >= 0.3 is 0 Å². The first-order chi connectivity index (χ1) is 12.1. The van der Waals surface area contributed by atoms with E-state index in [4.69, 9.17) is 0 Å². The van der Waals surface area contributed by atoms with Gasteiger partial charge in [0.15, 0.2) is 0 Å². The van der Waals surface area contributed by atoms with Crippen molar-refractivity contribution in [3.05, 3.63) is 62.5 Å². The Morgan fingerprint density at radius 1 is 1.04 bits per heavy atom. The molecule has 0 aromatic heterocycles. The van der Waals surface area contributed by atoms with Crippen LogP contribution in [0.15, 0.2) is 46.8 Å². The molecule has 1 heterocycles. The van der Waals surface area contributed by atoms with Crippen LogP contribution in [0.2, 0.25) is 0 Å². The molecule has 1 aromatic carbocycles. The number of non-ortho nitro benzene ring substituents is 1. The van der Waals surface area contributed by atoms with Crippen LogP contribution in [0, 0.1) is 10.1 Å². The third-order valence-corrected chi connectivity index (χ3v) is 5.29. The molecular weight excluding hydrogens is 320 g/mol. The lowest BCUT2D eigenvalue weighted by Gasteiger charge is -2.37. The Morgan fingerprint density at radius 3 is 2.64 bits per heavy atom. The summed E-state index contributed by atoms with van der Waals surface area (Å²) < 4.78 is 0. The van der Waals surface area contributed by atoms with Crippen molar-refractivity contribution in [1.29, 1.82) is 0 Å². The molecule has 4 rings (SSSR count). The van der Waals surface area contributed by atoms with Crippen molar-refractivity contribution in [1.82, 2.24) is 5.32 Å². The molecule has 25 heavy (non-hydrogen) atoms. The molecule has 1 atom stereocenters.